The summed E-state index contributed by atoms with van der Waals surface area (Å²) in [7, 11) is 0. The first-order valence-corrected chi connectivity index (χ1v) is 13.4. The second-order valence-corrected chi connectivity index (χ2v) is 10.9. The number of Topliss-reactive ketones (excluding diaryl/α,β-unsaturated/α-hetero) is 1. The van der Waals surface area contributed by atoms with Gasteiger partial charge in [-0.3, -0.25) is 9.69 Å². The highest BCUT2D eigenvalue weighted by Gasteiger charge is 2.23. The molecule has 1 unspecified atom stereocenters. The molecule has 1 fully saturated rings. The average molecular weight is 467 g/mol. The van der Waals surface area contributed by atoms with Crippen LogP contribution in [-0.2, 0) is 6.42 Å². The molecule has 0 radical (unpaired) electrons. The van der Waals surface area contributed by atoms with Crippen molar-refractivity contribution in [3.8, 4) is 0 Å². The molecule has 178 valence electrons. The first-order valence-electron chi connectivity index (χ1n) is 12.5. The summed E-state index contributed by atoms with van der Waals surface area (Å²) in [6.07, 6.45) is 8.89. The van der Waals surface area contributed by atoms with Crippen molar-refractivity contribution in [2.75, 3.05) is 37.6 Å². The molecule has 5 nitrogen and oxygen atoms in total. The fourth-order valence-corrected chi connectivity index (χ4v) is 5.84. The second kappa shape index (κ2) is 11.3. The van der Waals surface area contributed by atoms with E-state index >= 15 is 0 Å². The number of piperazine rings is 1. The van der Waals surface area contributed by atoms with Gasteiger partial charge in [0.25, 0.3) is 0 Å². The van der Waals surface area contributed by atoms with Crippen LogP contribution in [0, 0.1) is 11.8 Å². The average Bonchev–Trinajstić information content (AvgIpc) is 3.46. The predicted molar refractivity (Wildman–Crippen MR) is 140 cm³/mol. The zero-order chi connectivity index (χ0) is 23.2. The van der Waals surface area contributed by atoms with Crippen LogP contribution in [-0.4, -0.2) is 53.4 Å². The monoisotopic (exact) mass is 466 g/mol. The van der Waals surface area contributed by atoms with E-state index in [1.165, 1.54) is 16.5 Å². The summed E-state index contributed by atoms with van der Waals surface area (Å²) in [5.41, 5.74) is 2.50. The van der Waals surface area contributed by atoms with Crippen molar-refractivity contribution >= 4 is 33.2 Å². The molecule has 0 aliphatic carbocycles. The van der Waals surface area contributed by atoms with Crippen molar-refractivity contribution in [1.82, 2.24) is 14.9 Å². The maximum absolute atomic E-state index is 13.2. The maximum Gasteiger partial charge on any atom is 0.186 e. The molecule has 1 aliphatic rings. The van der Waals surface area contributed by atoms with Gasteiger partial charge in [0.05, 0.1) is 11.1 Å². The Hall–Kier alpha value is -2.18. The Labute approximate surface area is 202 Å². The van der Waals surface area contributed by atoms with Crippen molar-refractivity contribution in [1.29, 1.82) is 0 Å². The van der Waals surface area contributed by atoms with E-state index in [1.54, 1.807) is 11.3 Å². The highest BCUT2D eigenvalue weighted by Crippen LogP contribution is 2.29. The second-order valence-electron chi connectivity index (χ2n) is 9.89. The molecule has 3 heterocycles. The molecule has 1 aromatic carbocycles. The normalized spacial score (nSPS) is 16.1. The number of aromatic nitrogens is 2. The number of carbonyl (C=O) groups is 1. The number of fused-ring (bicyclic) bond motifs is 1. The summed E-state index contributed by atoms with van der Waals surface area (Å²) in [6, 6.07) is 8.45. The molecular weight excluding hydrogens is 428 g/mol. The number of nitrogens with one attached hydrogen (secondary N) is 1. The molecule has 1 N–H and O–H groups in total. The molecule has 1 atom stereocenters. The number of H-pyrrole nitrogens is 1. The lowest BCUT2D eigenvalue weighted by atomic mass is 9.89. The number of thiazole rings is 1. The molecule has 0 saturated carbocycles. The lowest BCUT2D eigenvalue weighted by Crippen LogP contribution is -2.47. The molecular formula is C27H38N4OS. The third-order valence-corrected chi connectivity index (χ3v) is 7.76. The van der Waals surface area contributed by atoms with Crippen LogP contribution in [0.2, 0.25) is 0 Å². The molecule has 2 aromatic heterocycles. The van der Waals surface area contributed by atoms with E-state index in [1.807, 2.05) is 6.20 Å². The Morgan fingerprint density at radius 1 is 1.18 bits per heavy atom. The summed E-state index contributed by atoms with van der Waals surface area (Å²) >= 11 is 1.58. The molecule has 3 aromatic rings. The number of anilines is 1. The van der Waals surface area contributed by atoms with Crippen molar-refractivity contribution in [3.05, 3.63) is 47.1 Å². The molecule has 0 bridgehead atoms. The molecule has 0 spiro atoms. The maximum atomic E-state index is 13.2. The molecule has 1 aliphatic heterocycles. The van der Waals surface area contributed by atoms with Gasteiger partial charge in [0.15, 0.2) is 10.9 Å². The van der Waals surface area contributed by atoms with Gasteiger partial charge in [0.2, 0.25) is 0 Å². The quantitative estimate of drug-likeness (QED) is 0.351. The highest BCUT2D eigenvalue weighted by molar-refractivity contribution is 7.17. The van der Waals surface area contributed by atoms with Crippen LogP contribution in [0.3, 0.4) is 0 Å². The number of rotatable bonds is 11. The Morgan fingerprint density at radius 3 is 2.73 bits per heavy atom. The van der Waals surface area contributed by atoms with Crippen LogP contribution in [0.1, 0.15) is 61.7 Å². The van der Waals surface area contributed by atoms with Crippen molar-refractivity contribution in [2.45, 2.75) is 52.9 Å². The van der Waals surface area contributed by atoms with Gasteiger partial charge in [-0.1, -0.05) is 63.1 Å². The van der Waals surface area contributed by atoms with Gasteiger partial charge < -0.3 is 9.88 Å². The smallest absolute Gasteiger partial charge is 0.186 e. The lowest BCUT2D eigenvalue weighted by Gasteiger charge is -2.35. The minimum Gasteiger partial charge on any atom is -0.361 e. The van der Waals surface area contributed by atoms with E-state index in [0.717, 1.165) is 68.4 Å². The fraction of sp³-hybridized carbons (Fsp3) is 0.556. The summed E-state index contributed by atoms with van der Waals surface area (Å²) in [5.74, 6) is 1.31. The van der Waals surface area contributed by atoms with Gasteiger partial charge in [0.1, 0.15) is 0 Å². The molecule has 4 rings (SSSR count). The zero-order valence-corrected chi connectivity index (χ0v) is 21.2. The van der Waals surface area contributed by atoms with E-state index in [9.17, 15) is 4.79 Å². The standard InChI is InChI=1S/C27H38N4OS/c1-4-5-8-21(15-22-17-28-24-10-7-6-9-23(22)24)16-25(32)26-18-29-27(33-26)31-13-11-30(12-14-31)19-20(2)3/h6-7,9-10,17-18,20-21,28H,4-5,8,11-16,19H2,1-3H3. The summed E-state index contributed by atoms with van der Waals surface area (Å²) in [5, 5.41) is 2.28. The lowest BCUT2D eigenvalue weighted by molar-refractivity contribution is 0.0962. The van der Waals surface area contributed by atoms with Gasteiger partial charge in [-0.2, -0.15) is 0 Å². The Balaban J connectivity index is 1.38. The van der Waals surface area contributed by atoms with E-state index in [-0.39, 0.29) is 5.78 Å². The van der Waals surface area contributed by atoms with E-state index in [0.29, 0.717) is 18.3 Å². The van der Waals surface area contributed by atoms with Gasteiger partial charge in [-0.15, -0.1) is 0 Å². The third kappa shape index (κ3) is 6.24. The van der Waals surface area contributed by atoms with Crippen LogP contribution < -0.4 is 4.90 Å². The number of nitrogens with zero attached hydrogens (tertiary/aromatic N) is 3. The number of para-hydroxylation sites is 1. The fourth-order valence-electron chi connectivity index (χ4n) is 4.92. The Morgan fingerprint density at radius 2 is 1.97 bits per heavy atom. The van der Waals surface area contributed by atoms with Crippen LogP contribution in [0.5, 0.6) is 0 Å². The molecule has 1 saturated heterocycles. The molecule has 33 heavy (non-hydrogen) atoms. The van der Waals surface area contributed by atoms with E-state index < -0.39 is 0 Å². The number of hydrogen-bond acceptors (Lipinski definition) is 5. The van der Waals surface area contributed by atoms with Gasteiger partial charge in [-0.05, 0) is 36.3 Å². The largest absolute Gasteiger partial charge is 0.361 e. The topological polar surface area (TPSA) is 52.2 Å². The van der Waals surface area contributed by atoms with Crippen LogP contribution in [0.4, 0.5) is 5.13 Å². The first kappa shape index (κ1) is 24.0. The summed E-state index contributed by atoms with van der Waals surface area (Å²) in [4.78, 5) is 26.9. The summed E-state index contributed by atoms with van der Waals surface area (Å²) in [6.45, 7) is 12.1. The summed E-state index contributed by atoms with van der Waals surface area (Å²) < 4.78 is 0. The number of aromatic amines is 1. The number of ketones is 1. The van der Waals surface area contributed by atoms with E-state index in [2.05, 4.69) is 71.0 Å². The number of unbranched alkanes of at least 4 members (excludes halogenated alkanes) is 1. The number of carbonyl (C=O) groups excluding carboxylic acids is 1. The highest BCUT2D eigenvalue weighted by atomic mass is 32.1. The van der Waals surface area contributed by atoms with Crippen molar-refractivity contribution in [2.24, 2.45) is 11.8 Å². The Kier molecular flexibility index (Phi) is 8.20. The zero-order valence-electron chi connectivity index (χ0n) is 20.3. The number of benzene rings is 1. The molecule has 0 amide bonds. The minimum absolute atomic E-state index is 0.248. The third-order valence-electron chi connectivity index (χ3n) is 6.66. The predicted octanol–water partition coefficient (Wildman–Crippen LogP) is 6.02. The number of hydrogen-bond donors (Lipinski definition) is 1. The van der Waals surface area contributed by atoms with Gasteiger partial charge in [0, 0.05) is 56.2 Å². The van der Waals surface area contributed by atoms with Crippen LogP contribution >= 0.6 is 11.3 Å². The van der Waals surface area contributed by atoms with Gasteiger partial charge in [-0.25, -0.2) is 4.98 Å². The van der Waals surface area contributed by atoms with Crippen molar-refractivity contribution in [3.63, 3.8) is 0 Å². The van der Waals surface area contributed by atoms with Crippen molar-refractivity contribution < 1.29 is 4.79 Å². The van der Waals surface area contributed by atoms with Gasteiger partial charge >= 0.3 is 0 Å². The first-order chi connectivity index (χ1) is 16.0. The van der Waals surface area contributed by atoms with Crippen LogP contribution in [0.25, 0.3) is 10.9 Å². The minimum atomic E-state index is 0.248. The Bertz CT molecular complexity index is 1030. The SMILES string of the molecule is CCCCC(CC(=O)c1cnc(N2CCN(CC(C)C)CC2)s1)Cc1c[nH]c2ccccc12. The van der Waals surface area contributed by atoms with Crippen LogP contribution in [0.15, 0.2) is 36.7 Å². The van der Waals surface area contributed by atoms with E-state index in [4.69, 9.17) is 0 Å². The molecule has 6 heteroatoms.